The van der Waals surface area contributed by atoms with E-state index in [1.807, 2.05) is 57.2 Å². The van der Waals surface area contributed by atoms with Crippen molar-refractivity contribution in [2.75, 3.05) is 0 Å². The quantitative estimate of drug-likeness (QED) is 0.562. The molecule has 0 saturated heterocycles. The van der Waals surface area contributed by atoms with Crippen molar-refractivity contribution in [3.05, 3.63) is 72.4 Å². The van der Waals surface area contributed by atoms with Crippen LogP contribution in [-0.2, 0) is 0 Å². The maximum absolute atomic E-state index is 3.82. The molecule has 15 heavy (non-hydrogen) atoms. The van der Waals surface area contributed by atoms with Crippen LogP contribution in [0.2, 0.25) is 0 Å². The molecule has 0 aromatic carbocycles. The standard InChI is InChI=1S/C15H20/c1-5-9-12-14(8-4)15(11-7-3)13-10-6-2/h5-13H,4H2,1-3H3/b9-5-,10-6-,11-7-,14-12+,15-13+. The van der Waals surface area contributed by atoms with Gasteiger partial charge in [-0.3, -0.25) is 0 Å². The zero-order valence-corrected chi connectivity index (χ0v) is 9.90. The first-order chi connectivity index (χ1) is 7.29. The Labute approximate surface area is 93.7 Å². The van der Waals surface area contributed by atoms with E-state index in [1.165, 1.54) is 5.57 Å². The second-order valence-corrected chi connectivity index (χ2v) is 3.00. The summed E-state index contributed by atoms with van der Waals surface area (Å²) in [5, 5.41) is 0. The Hall–Kier alpha value is -1.56. The lowest BCUT2D eigenvalue weighted by molar-refractivity contribution is 1.52. The SMILES string of the molecule is C=CC(=C\C=C/C)/C(/C=C\C)=C/C=C\C. The number of hydrogen-bond donors (Lipinski definition) is 0. The fourth-order valence-corrected chi connectivity index (χ4v) is 1.11. The zero-order valence-electron chi connectivity index (χ0n) is 9.90. The summed E-state index contributed by atoms with van der Waals surface area (Å²) in [7, 11) is 0. The summed E-state index contributed by atoms with van der Waals surface area (Å²) in [5.41, 5.74) is 2.30. The van der Waals surface area contributed by atoms with E-state index in [4.69, 9.17) is 0 Å². The van der Waals surface area contributed by atoms with Crippen LogP contribution in [0, 0.1) is 0 Å². The Morgan fingerprint density at radius 1 is 0.800 bits per heavy atom. The lowest BCUT2D eigenvalue weighted by Gasteiger charge is -2.01. The summed E-state index contributed by atoms with van der Waals surface area (Å²) in [5.74, 6) is 0. The van der Waals surface area contributed by atoms with Gasteiger partial charge >= 0.3 is 0 Å². The van der Waals surface area contributed by atoms with Gasteiger partial charge in [-0.1, -0.05) is 61.3 Å². The third-order valence-corrected chi connectivity index (χ3v) is 1.84. The molecule has 0 aromatic heterocycles. The molecule has 0 aliphatic heterocycles. The maximum atomic E-state index is 3.82. The Balaban J connectivity index is 5.11. The zero-order chi connectivity index (χ0) is 11.5. The van der Waals surface area contributed by atoms with Crippen molar-refractivity contribution in [2.45, 2.75) is 20.8 Å². The fourth-order valence-electron chi connectivity index (χ4n) is 1.11. The van der Waals surface area contributed by atoms with Gasteiger partial charge in [-0.05, 0) is 31.9 Å². The molecule has 0 radical (unpaired) electrons. The van der Waals surface area contributed by atoms with Crippen LogP contribution in [0.5, 0.6) is 0 Å². The third kappa shape index (κ3) is 5.69. The lowest BCUT2D eigenvalue weighted by atomic mass is 10.0. The smallest absolute Gasteiger partial charge is 0.0188 e. The van der Waals surface area contributed by atoms with Gasteiger partial charge in [0, 0.05) is 0 Å². The Bertz CT molecular complexity index is 320. The van der Waals surface area contributed by atoms with Crippen LogP contribution in [0.3, 0.4) is 0 Å². The van der Waals surface area contributed by atoms with Gasteiger partial charge < -0.3 is 0 Å². The molecule has 0 N–H and O–H groups in total. The van der Waals surface area contributed by atoms with Crippen LogP contribution < -0.4 is 0 Å². The van der Waals surface area contributed by atoms with Gasteiger partial charge in [-0.25, -0.2) is 0 Å². The van der Waals surface area contributed by atoms with E-state index < -0.39 is 0 Å². The average molecular weight is 200 g/mol. The molecule has 0 saturated carbocycles. The van der Waals surface area contributed by atoms with Gasteiger partial charge in [0.25, 0.3) is 0 Å². The number of allylic oxidation sites excluding steroid dienone is 11. The van der Waals surface area contributed by atoms with Gasteiger partial charge in [0.05, 0.1) is 0 Å². The third-order valence-electron chi connectivity index (χ3n) is 1.84. The molecule has 0 amide bonds. The van der Waals surface area contributed by atoms with Crippen molar-refractivity contribution in [1.29, 1.82) is 0 Å². The van der Waals surface area contributed by atoms with E-state index in [9.17, 15) is 0 Å². The molecular formula is C15H20. The topological polar surface area (TPSA) is 0 Å². The second-order valence-electron chi connectivity index (χ2n) is 3.00. The molecule has 80 valence electrons. The lowest BCUT2D eigenvalue weighted by Crippen LogP contribution is -1.81. The maximum Gasteiger partial charge on any atom is -0.0188 e. The van der Waals surface area contributed by atoms with Crippen molar-refractivity contribution in [1.82, 2.24) is 0 Å². The van der Waals surface area contributed by atoms with Gasteiger partial charge in [0.1, 0.15) is 0 Å². The average Bonchev–Trinajstić information content (AvgIpc) is 2.26. The Morgan fingerprint density at radius 3 is 1.73 bits per heavy atom. The molecule has 0 heteroatoms. The van der Waals surface area contributed by atoms with Crippen LogP contribution in [-0.4, -0.2) is 0 Å². The highest BCUT2D eigenvalue weighted by Gasteiger charge is 1.94. The summed E-state index contributed by atoms with van der Waals surface area (Å²) in [6.45, 7) is 9.85. The molecule has 0 rings (SSSR count). The van der Waals surface area contributed by atoms with Gasteiger partial charge in [-0.15, -0.1) is 0 Å². The monoisotopic (exact) mass is 200 g/mol. The minimum Gasteiger partial charge on any atom is -0.0984 e. The van der Waals surface area contributed by atoms with Crippen LogP contribution in [0.15, 0.2) is 72.4 Å². The van der Waals surface area contributed by atoms with E-state index in [2.05, 4.69) is 24.8 Å². The van der Waals surface area contributed by atoms with Crippen molar-refractivity contribution in [3.63, 3.8) is 0 Å². The highest BCUT2D eigenvalue weighted by atomic mass is 14.0. The normalized spacial score (nSPS) is 14.6. The minimum absolute atomic E-state index is 1.13. The molecule has 0 spiro atoms. The molecule has 0 heterocycles. The van der Waals surface area contributed by atoms with E-state index in [0.29, 0.717) is 0 Å². The van der Waals surface area contributed by atoms with E-state index in [-0.39, 0.29) is 0 Å². The first-order valence-corrected chi connectivity index (χ1v) is 5.21. The van der Waals surface area contributed by atoms with Gasteiger partial charge in [-0.2, -0.15) is 0 Å². The summed E-state index contributed by atoms with van der Waals surface area (Å²) >= 11 is 0. The molecule has 0 aliphatic rings. The van der Waals surface area contributed by atoms with Crippen LogP contribution in [0.1, 0.15) is 20.8 Å². The predicted octanol–water partition coefficient (Wildman–Crippen LogP) is 4.75. The molecule has 0 aliphatic carbocycles. The summed E-state index contributed by atoms with van der Waals surface area (Å²) in [6, 6.07) is 0. The number of rotatable bonds is 5. The van der Waals surface area contributed by atoms with E-state index in [1.54, 1.807) is 0 Å². The fraction of sp³-hybridized carbons (Fsp3) is 0.200. The molecular weight excluding hydrogens is 180 g/mol. The first kappa shape index (κ1) is 13.4. The largest absolute Gasteiger partial charge is 0.0984 e. The summed E-state index contributed by atoms with van der Waals surface area (Å²) in [6.07, 6.45) is 18.2. The van der Waals surface area contributed by atoms with E-state index >= 15 is 0 Å². The van der Waals surface area contributed by atoms with Crippen molar-refractivity contribution in [2.24, 2.45) is 0 Å². The summed E-state index contributed by atoms with van der Waals surface area (Å²) in [4.78, 5) is 0. The minimum atomic E-state index is 1.13. The van der Waals surface area contributed by atoms with Gasteiger partial charge in [0.15, 0.2) is 0 Å². The number of hydrogen-bond acceptors (Lipinski definition) is 0. The molecule has 0 bridgehead atoms. The Morgan fingerprint density at radius 2 is 1.33 bits per heavy atom. The van der Waals surface area contributed by atoms with Crippen molar-refractivity contribution < 1.29 is 0 Å². The van der Waals surface area contributed by atoms with Crippen molar-refractivity contribution in [3.8, 4) is 0 Å². The Kier molecular flexibility index (Phi) is 8.08. The van der Waals surface area contributed by atoms with E-state index in [0.717, 1.165) is 5.57 Å². The van der Waals surface area contributed by atoms with Crippen molar-refractivity contribution >= 4 is 0 Å². The van der Waals surface area contributed by atoms with Crippen LogP contribution in [0.4, 0.5) is 0 Å². The second kappa shape index (κ2) is 9.01. The van der Waals surface area contributed by atoms with Gasteiger partial charge in [0.2, 0.25) is 0 Å². The molecule has 0 aromatic rings. The first-order valence-electron chi connectivity index (χ1n) is 5.21. The van der Waals surface area contributed by atoms with Crippen LogP contribution >= 0.6 is 0 Å². The van der Waals surface area contributed by atoms with Crippen LogP contribution in [0.25, 0.3) is 0 Å². The molecule has 0 fully saturated rings. The highest BCUT2D eigenvalue weighted by Crippen LogP contribution is 2.13. The molecule has 0 nitrogen and oxygen atoms in total. The molecule has 0 unspecified atom stereocenters. The summed E-state index contributed by atoms with van der Waals surface area (Å²) < 4.78 is 0. The molecule has 0 atom stereocenters. The predicted molar refractivity (Wildman–Crippen MR) is 70.8 cm³/mol. The highest BCUT2D eigenvalue weighted by molar-refractivity contribution is 5.48.